The van der Waals surface area contributed by atoms with E-state index in [1.54, 1.807) is 0 Å². The summed E-state index contributed by atoms with van der Waals surface area (Å²) in [5, 5.41) is 9.23. The van der Waals surface area contributed by atoms with Crippen molar-refractivity contribution in [3.05, 3.63) is 180 Å². The second kappa shape index (κ2) is 11.2. The van der Waals surface area contributed by atoms with E-state index in [0.29, 0.717) is 0 Å². The molecule has 0 fully saturated rings. The molecule has 1 aliphatic rings. The minimum absolute atomic E-state index is 0.246. The van der Waals surface area contributed by atoms with Gasteiger partial charge in [0.25, 0.3) is 0 Å². The van der Waals surface area contributed by atoms with E-state index in [1.807, 2.05) is 11.3 Å². The molecule has 1 unspecified atom stereocenters. The van der Waals surface area contributed by atoms with Crippen molar-refractivity contribution in [3.8, 4) is 22.5 Å². The normalized spacial score (nSPS) is 14.3. The molecule has 0 saturated heterocycles. The zero-order valence-electron chi connectivity index (χ0n) is 27.8. The van der Waals surface area contributed by atoms with Crippen molar-refractivity contribution in [2.45, 2.75) is 12.3 Å². The summed E-state index contributed by atoms with van der Waals surface area (Å²) in [7, 11) is 0. The summed E-state index contributed by atoms with van der Waals surface area (Å²) in [5.74, 6) is 0.246. The number of rotatable bonds is 4. The second-order valence-electron chi connectivity index (χ2n) is 13.6. The highest BCUT2D eigenvalue weighted by Crippen LogP contribution is 2.47. The highest BCUT2D eigenvalue weighted by Gasteiger charge is 2.25. The van der Waals surface area contributed by atoms with Crippen molar-refractivity contribution in [3.63, 3.8) is 0 Å². The van der Waals surface area contributed by atoms with Gasteiger partial charge in [-0.25, -0.2) is 0 Å². The third-order valence-electron chi connectivity index (χ3n) is 10.8. The molecule has 0 saturated carbocycles. The molecule has 1 atom stereocenters. The summed E-state index contributed by atoms with van der Waals surface area (Å²) in [6, 6.07) is 59.8. The maximum atomic E-state index is 2.56. The molecular formula is C48H32N2S. The van der Waals surface area contributed by atoms with Gasteiger partial charge in [0.15, 0.2) is 0 Å². The van der Waals surface area contributed by atoms with Crippen LogP contribution in [0.2, 0.25) is 0 Å². The minimum Gasteiger partial charge on any atom is -0.310 e. The number of aromatic nitrogens is 2. The standard InChI is InChI=1S/C48H32N2S/c1-3-13-31(14-4-1)32-23-26-35(27-24-32)49-42-20-10-7-17-36(42)40-29-33(25-28-44(40)49)39-30-41-37-18-8-11-21-43(37)50(34-15-5-2-6-16-34)47(41)46-38-19-9-12-22-45(38)51-48(39)46/h1-24,26-30,33H,25H2. The van der Waals surface area contributed by atoms with Crippen LogP contribution >= 0.6 is 11.3 Å². The number of thiophene rings is 1. The lowest BCUT2D eigenvalue weighted by Crippen LogP contribution is -2.31. The van der Waals surface area contributed by atoms with Gasteiger partial charge in [0.2, 0.25) is 0 Å². The highest BCUT2D eigenvalue weighted by molar-refractivity contribution is 7.26. The summed E-state index contributed by atoms with van der Waals surface area (Å²) >= 11 is 1.94. The molecule has 3 heteroatoms. The van der Waals surface area contributed by atoms with Crippen molar-refractivity contribution in [1.29, 1.82) is 0 Å². The van der Waals surface area contributed by atoms with E-state index in [1.165, 1.54) is 91.5 Å². The topological polar surface area (TPSA) is 9.86 Å². The first-order valence-corrected chi connectivity index (χ1v) is 18.5. The average Bonchev–Trinajstić information content (AvgIpc) is 3.86. The Kier molecular flexibility index (Phi) is 6.28. The molecule has 0 bridgehead atoms. The van der Waals surface area contributed by atoms with Crippen LogP contribution in [0.3, 0.4) is 0 Å². The van der Waals surface area contributed by atoms with Gasteiger partial charge in [-0.2, -0.15) is 0 Å². The molecule has 7 aromatic carbocycles. The van der Waals surface area contributed by atoms with Gasteiger partial charge in [-0.1, -0.05) is 127 Å². The van der Waals surface area contributed by atoms with Crippen molar-refractivity contribution in [1.82, 2.24) is 9.13 Å². The number of para-hydroxylation sites is 3. The zero-order chi connectivity index (χ0) is 33.5. The van der Waals surface area contributed by atoms with Gasteiger partial charge < -0.3 is 9.13 Å². The summed E-state index contributed by atoms with van der Waals surface area (Å²) < 4.78 is 7.67. The Labute approximate surface area is 299 Å². The van der Waals surface area contributed by atoms with Gasteiger partial charge >= 0.3 is 0 Å². The molecule has 10 aromatic rings. The Morgan fingerprint density at radius 3 is 1.90 bits per heavy atom. The Bertz CT molecular complexity index is 3090. The minimum atomic E-state index is 0.246. The van der Waals surface area contributed by atoms with Gasteiger partial charge in [0, 0.05) is 64.2 Å². The maximum absolute atomic E-state index is 2.56. The zero-order valence-corrected chi connectivity index (χ0v) is 28.6. The molecule has 51 heavy (non-hydrogen) atoms. The van der Waals surface area contributed by atoms with Crippen LogP contribution in [0.15, 0.2) is 164 Å². The van der Waals surface area contributed by atoms with E-state index in [2.05, 4.69) is 185 Å². The lowest BCUT2D eigenvalue weighted by Gasteiger charge is -2.17. The van der Waals surface area contributed by atoms with E-state index in [4.69, 9.17) is 0 Å². The molecule has 0 amide bonds. The molecule has 240 valence electrons. The summed E-state index contributed by atoms with van der Waals surface area (Å²) in [6.45, 7) is 0. The van der Waals surface area contributed by atoms with Crippen LogP contribution in [0.25, 0.3) is 87.5 Å². The Balaban J connectivity index is 1.16. The van der Waals surface area contributed by atoms with Gasteiger partial charge in [0.1, 0.15) is 0 Å². The molecular weight excluding hydrogens is 637 g/mol. The molecule has 0 radical (unpaired) electrons. The predicted octanol–water partition coefficient (Wildman–Crippen LogP) is 11.5. The number of nitrogens with zero attached hydrogens (tertiary/aromatic N) is 2. The highest BCUT2D eigenvalue weighted by atomic mass is 32.1. The first-order chi connectivity index (χ1) is 25.3. The number of hydrogen-bond donors (Lipinski definition) is 0. The van der Waals surface area contributed by atoms with E-state index in [-0.39, 0.29) is 5.92 Å². The SMILES string of the molecule is C1=c2c(n(-c3ccc(-c4ccccc4)cc3)c3ccccc23)=CCC1c1cc2c3ccccc3n(-c3ccccc3)c2c2c1sc1ccccc12. The molecule has 0 aliphatic heterocycles. The van der Waals surface area contributed by atoms with Crippen LogP contribution in [-0.4, -0.2) is 9.13 Å². The summed E-state index contributed by atoms with van der Waals surface area (Å²) in [6.07, 6.45) is 5.99. The predicted molar refractivity (Wildman–Crippen MR) is 218 cm³/mol. The van der Waals surface area contributed by atoms with E-state index in [9.17, 15) is 0 Å². The van der Waals surface area contributed by atoms with E-state index < -0.39 is 0 Å². The molecule has 0 spiro atoms. The van der Waals surface area contributed by atoms with Gasteiger partial charge in [-0.15, -0.1) is 11.3 Å². The summed E-state index contributed by atoms with van der Waals surface area (Å²) in [5.41, 5.74) is 10.1. The largest absolute Gasteiger partial charge is 0.310 e. The van der Waals surface area contributed by atoms with Gasteiger partial charge in [-0.3, -0.25) is 0 Å². The van der Waals surface area contributed by atoms with Crippen LogP contribution in [0.4, 0.5) is 0 Å². The molecule has 3 heterocycles. The van der Waals surface area contributed by atoms with Crippen LogP contribution in [-0.2, 0) is 0 Å². The first-order valence-electron chi connectivity index (χ1n) is 17.7. The summed E-state index contributed by atoms with van der Waals surface area (Å²) in [4.78, 5) is 0. The third-order valence-corrected chi connectivity index (χ3v) is 12.1. The molecule has 2 nitrogen and oxygen atoms in total. The maximum Gasteiger partial charge on any atom is 0.0634 e. The Morgan fingerprint density at radius 2 is 1.12 bits per heavy atom. The second-order valence-corrected chi connectivity index (χ2v) is 14.7. The fraction of sp³-hybridized carbons (Fsp3) is 0.0417. The lowest BCUT2D eigenvalue weighted by atomic mass is 9.89. The van der Waals surface area contributed by atoms with Crippen LogP contribution < -0.4 is 10.6 Å². The molecule has 11 rings (SSSR count). The average molecular weight is 669 g/mol. The number of benzene rings is 7. The lowest BCUT2D eigenvalue weighted by molar-refractivity contribution is 0.918. The van der Waals surface area contributed by atoms with Crippen molar-refractivity contribution in [2.24, 2.45) is 0 Å². The molecule has 3 aromatic heterocycles. The van der Waals surface area contributed by atoms with Crippen LogP contribution in [0, 0.1) is 0 Å². The van der Waals surface area contributed by atoms with E-state index in [0.717, 1.165) is 6.42 Å². The van der Waals surface area contributed by atoms with Gasteiger partial charge in [-0.05, 0) is 71.6 Å². The first kappa shape index (κ1) is 28.7. The Morgan fingerprint density at radius 1 is 0.510 bits per heavy atom. The fourth-order valence-electron chi connectivity index (χ4n) is 8.58. The third kappa shape index (κ3) is 4.28. The van der Waals surface area contributed by atoms with Crippen LogP contribution in [0.1, 0.15) is 17.9 Å². The molecule has 0 N–H and O–H groups in total. The molecule has 1 aliphatic carbocycles. The van der Waals surface area contributed by atoms with Crippen LogP contribution in [0.5, 0.6) is 0 Å². The van der Waals surface area contributed by atoms with Crippen molar-refractivity contribution in [2.75, 3.05) is 0 Å². The van der Waals surface area contributed by atoms with Gasteiger partial charge in [0.05, 0.1) is 16.6 Å². The van der Waals surface area contributed by atoms with Crippen molar-refractivity contribution < 1.29 is 0 Å². The number of hydrogen-bond acceptors (Lipinski definition) is 1. The van der Waals surface area contributed by atoms with E-state index >= 15 is 0 Å². The van der Waals surface area contributed by atoms with Crippen molar-refractivity contribution >= 4 is 76.4 Å². The fourth-order valence-corrected chi connectivity index (χ4v) is 9.86. The quantitative estimate of drug-likeness (QED) is 0.177. The smallest absolute Gasteiger partial charge is 0.0634 e. The Hall–Kier alpha value is -6.16. The monoisotopic (exact) mass is 668 g/mol. The number of fused-ring (bicyclic) bond motifs is 10.